The molecule has 3 heterocycles. The monoisotopic (exact) mass is 410 g/mol. The first-order chi connectivity index (χ1) is 15.2. The van der Waals surface area contributed by atoms with Crippen LogP contribution in [0.25, 0.3) is 27.6 Å². The van der Waals surface area contributed by atoms with Crippen LogP contribution in [0.5, 0.6) is 0 Å². The number of benzene rings is 2. The second-order valence-electron chi connectivity index (χ2n) is 7.47. The highest BCUT2D eigenvalue weighted by Gasteiger charge is 2.19. The molecule has 0 saturated heterocycles. The number of nitrogens with zero attached hydrogens (tertiary/aromatic N) is 4. The summed E-state index contributed by atoms with van der Waals surface area (Å²) in [5, 5.41) is 5.13. The maximum atomic E-state index is 13.7. The highest BCUT2D eigenvalue weighted by atomic mass is 16.1. The number of fused-ring (bicyclic) bond motifs is 2. The second-order valence-corrected chi connectivity index (χ2v) is 7.47. The minimum atomic E-state index is -0.211. The van der Waals surface area contributed by atoms with Crippen LogP contribution >= 0.6 is 0 Å². The number of H-pyrrole nitrogens is 1. The third-order valence-corrected chi connectivity index (χ3v) is 5.57. The summed E-state index contributed by atoms with van der Waals surface area (Å²) in [4.78, 5) is 29.6. The topological polar surface area (TPSA) is 88.5 Å². The van der Waals surface area contributed by atoms with Crippen molar-refractivity contribution in [3.63, 3.8) is 0 Å². The molecular formula is C24H22N6O. The molecule has 2 aromatic carbocycles. The van der Waals surface area contributed by atoms with E-state index in [1.807, 2.05) is 55.5 Å². The van der Waals surface area contributed by atoms with Gasteiger partial charge in [0.1, 0.15) is 11.8 Å². The Hall–Kier alpha value is -4.00. The van der Waals surface area contributed by atoms with Crippen molar-refractivity contribution in [1.29, 1.82) is 0 Å². The molecule has 2 N–H and O–H groups in total. The summed E-state index contributed by atoms with van der Waals surface area (Å²) in [5.41, 5.74) is 4.04. The van der Waals surface area contributed by atoms with E-state index in [2.05, 4.69) is 38.2 Å². The zero-order valence-electron chi connectivity index (χ0n) is 17.3. The fourth-order valence-corrected chi connectivity index (χ4v) is 4.06. The molecule has 0 aliphatic heterocycles. The van der Waals surface area contributed by atoms with Gasteiger partial charge in [-0.3, -0.25) is 9.36 Å². The van der Waals surface area contributed by atoms with Crippen LogP contribution in [0.15, 0.2) is 72.0 Å². The summed E-state index contributed by atoms with van der Waals surface area (Å²) in [6.07, 6.45) is 3.89. The van der Waals surface area contributed by atoms with Crippen LogP contribution in [0.3, 0.4) is 0 Å². The van der Waals surface area contributed by atoms with E-state index in [1.54, 1.807) is 10.9 Å². The molecule has 7 heteroatoms. The first kappa shape index (κ1) is 19.0. The number of pyridine rings is 1. The summed E-state index contributed by atoms with van der Waals surface area (Å²) < 4.78 is 1.79. The summed E-state index contributed by atoms with van der Waals surface area (Å²) in [6.45, 7) is 4.09. The van der Waals surface area contributed by atoms with Crippen molar-refractivity contribution in [1.82, 2.24) is 24.5 Å². The van der Waals surface area contributed by atoms with Gasteiger partial charge in [0, 0.05) is 11.4 Å². The van der Waals surface area contributed by atoms with E-state index in [0.717, 1.165) is 34.1 Å². The van der Waals surface area contributed by atoms with E-state index in [-0.39, 0.29) is 11.6 Å². The van der Waals surface area contributed by atoms with Crippen molar-refractivity contribution in [2.75, 3.05) is 5.32 Å². The molecule has 31 heavy (non-hydrogen) atoms. The molecule has 0 unspecified atom stereocenters. The van der Waals surface area contributed by atoms with Crippen molar-refractivity contribution in [2.45, 2.75) is 26.3 Å². The van der Waals surface area contributed by atoms with Crippen molar-refractivity contribution in [3.8, 4) is 5.69 Å². The Kier molecular flexibility index (Phi) is 4.71. The fourth-order valence-electron chi connectivity index (χ4n) is 4.06. The summed E-state index contributed by atoms with van der Waals surface area (Å²) in [6, 6.07) is 17.6. The first-order valence-electron chi connectivity index (χ1n) is 10.3. The van der Waals surface area contributed by atoms with Gasteiger partial charge in [0.2, 0.25) is 0 Å². The lowest BCUT2D eigenvalue weighted by Gasteiger charge is -2.22. The molecule has 0 bridgehead atoms. The molecule has 0 saturated carbocycles. The van der Waals surface area contributed by atoms with E-state index in [4.69, 9.17) is 0 Å². The van der Waals surface area contributed by atoms with Crippen LogP contribution in [0.4, 0.5) is 5.82 Å². The molecule has 0 amide bonds. The predicted octanol–water partition coefficient (Wildman–Crippen LogP) is 4.39. The molecule has 3 aromatic heterocycles. The van der Waals surface area contributed by atoms with Gasteiger partial charge in [-0.05, 0) is 42.5 Å². The number of nitrogens with one attached hydrogen (secondary N) is 2. The minimum absolute atomic E-state index is 0.0163. The fraction of sp³-hybridized carbons (Fsp3) is 0.167. The van der Waals surface area contributed by atoms with E-state index < -0.39 is 0 Å². The molecule has 5 aromatic rings. The second kappa shape index (κ2) is 7.68. The van der Waals surface area contributed by atoms with Crippen LogP contribution in [0, 0.1) is 0 Å². The highest BCUT2D eigenvalue weighted by molar-refractivity contribution is 5.86. The Morgan fingerprint density at radius 1 is 1.06 bits per heavy atom. The lowest BCUT2D eigenvalue weighted by atomic mass is 10.0. The Balaban J connectivity index is 1.72. The molecule has 0 spiro atoms. The number of hydrogen-bond donors (Lipinski definition) is 2. The zero-order valence-corrected chi connectivity index (χ0v) is 17.3. The van der Waals surface area contributed by atoms with Gasteiger partial charge < -0.3 is 10.3 Å². The zero-order chi connectivity index (χ0) is 21.4. The van der Waals surface area contributed by atoms with Crippen LogP contribution in [0.2, 0.25) is 0 Å². The Morgan fingerprint density at radius 2 is 1.90 bits per heavy atom. The van der Waals surface area contributed by atoms with Gasteiger partial charge in [0.15, 0.2) is 11.5 Å². The molecule has 0 fully saturated rings. The molecular weight excluding hydrogens is 388 g/mol. The average Bonchev–Trinajstić information content (AvgIpc) is 3.29. The molecule has 0 aliphatic carbocycles. The lowest BCUT2D eigenvalue weighted by Crippen LogP contribution is -2.26. The molecule has 1 atom stereocenters. The van der Waals surface area contributed by atoms with Gasteiger partial charge in [-0.15, -0.1) is 0 Å². The van der Waals surface area contributed by atoms with Crippen LogP contribution in [0.1, 0.15) is 31.1 Å². The number of hydrogen-bond acceptors (Lipinski definition) is 5. The van der Waals surface area contributed by atoms with Crippen molar-refractivity contribution < 1.29 is 0 Å². The van der Waals surface area contributed by atoms with Gasteiger partial charge in [0.25, 0.3) is 5.56 Å². The van der Waals surface area contributed by atoms with Crippen molar-refractivity contribution in [2.24, 2.45) is 0 Å². The van der Waals surface area contributed by atoms with Crippen LogP contribution in [-0.4, -0.2) is 24.5 Å². The molecule has 0 radical (unpaired) electrons. The van der Waals surface area contributed by atoms with Gasteiger partial charge in [-0.25, -0.2) is 15.0 Å². The van der Waals surface area contributed by atoms with Crippen molar-refractivity contribution >= 4 is 27.8 Å². The summed E-state index contributed by atoms with van der Waals surface area (Å²) in [7, 11) is 0. The third kappa shape index (κ3) is 3.24. The van der Waals surface area contributed by atoms with Gasteiger partial charge in [0.05, 0.1) is 17.8 Å². The number of rotatable bonds is 5. The van der Waals surface area contributed by atoms with Crippen LogP contribution < -0.4 is 10.9 Å². The quantitative estimate of drug-likeness (QED) is 0.449. The standard InChI is InChI=1S/C24H22N6O/c1-3-16-8-7-9-17-12-19(30(24(31)20(16)17)18-10-5-4-6-11-18)15(2)29-23-21-22(26-13-25-21)27-14-28-23/h4-15H,3H2,1-2H3,(H2,25,26,27,28,29)/t15-/m1/s1. The largest absolute Gasteiger partial charge is 0.360 e. The van der Waals surface area contributed by atoms with Gasteiger partial charge in [-0.1, -0.05) is 43.3 Å². The van der Waals surface area contributed by atoms with Crippen LogP contribution in [-0.2, 0) is 6.42 Å². The molecule has 5 rings (SSSR count). The first-order valence-corrected chi connectivity index (χ1v) is 10.3. The minimum Gasteiger partial charge on any atom is -0.360 e. The Labute approximate surface area is 178 Å². The number of aryl methyl sites for hydroxylation is 1. The Bertz CT molecular complexity index is 1440. The highest BCUT2D eigenvalue weighted by Crippen LogP contribution is 2.26. The number of anilines is 1. The number of aromatic amines is 1. The van der Waals surface area contributed by atoms with Crippen molar-refractivity contribution in [3.05, 3.63) is 88.9 Å². The predicted molar refractivity (Wildman–Crippen MR) is 123 cm³/mol. The SMILES string of the molecule is CCc1cccc2cc([C@@H](C)Nc3ncnc4[nH]cnc34)n(-c3ccccc3)c(=O)c12. The molecule has 154 valence electrons. The van der Waals surface area contributed by atoms with E-state index in [9.17, 15) is 4.79 Å². The van der Waals surface area contributed by atoms with E-state index in [0.29, 0.717) is 17.0 Å². The molecule has 0 aliphatic rings. The summed E-state index contributed by atoms with van der Waals surface area (Å²) in [5.74, 6) is 0.619. The average molecular weight is 410 g/mol. The third-order valence-electron chi connectivity index (χ3n) is 5.57. The van der Waals surface area contributed by atoms with Gasteiger partial charge >= 0.3 is 0 Å². The smallest absolute Gasteiger partial charge is 0.263 e. The molecule has 7 nitrogen and oxygen atoms in total. The number of aromatic nitrogens is 5. The number of imidazole rings is 1. The maximum absolute atomic E-state index is 13.7. The van der Waals surface area contributed by atoms with Gasteiger partial charge in [-0.2, -0.15) is 0 Å². The van der Waals surface area contributed by atoms with E-state index >= 15 is 0 Å². The van der Waals surface area contributed by atoms with E-state index in [1.165, 1.54) is 6.33 Å². The Morgan fingerprint density at radius 3 is 2.71 bits per heavy atom. The maximum Gasteiger partial charge on any atom is 0.263 e. The summed E-state index contributed by atoms with van der Waals surface area (Å²) >= 11 is 0. The number of para-hydroxylation sites is 1. The normalized spacial score (nSPS) is 12.3. The lowest BCUT2D eigenvalue weighted by molar-refractivity contribution is 0.773.